The molecule has 0 fully saturated rings. The Morgan fingerprint density at radius 3 is 2.41 bits per heavy atom. The third-order valence-electron chi connectivity index (χ3n) is 4.38. The summed E-state index contributed by atoms with van der Waals surface area (Å²) in [4.78, 5) is 37.3. The van der Waals surface area contributed by atoms with E-state index in [1.54, 1.807) is 20.8 Å². The lowest BCUT2D eigenvalue weighted by Gasteiger charge is -2.24. The first-order valence-electron chi connectivity index (χ1n) is 10.4. The van der Waals surface area contributed by atoms with E-state index in [1.165, 1.54) is 17.4 Å². The van der Waals surface area contributed by atoms with Gasteiger partial charge in [-0.2, -0.15) is 0 Å². The van der Waals surface area contributed by atoms with E-state index in [1.807, 2.05) is 47.8 Å². The maximum absolute atomic E-state index is 13.1. The molecule has 0 aliphatic carbocycles. The molecule has 2 aromatic rings. The number of aryl methyl sites for hydroxylation is 1. The van der Waals surface area contributed by atoms with Crippen molar-refractivity contribution >= 4 is 29.3 Å². The number of hydrogen-bond acceptors (Lipinski definition) is 5. The van der Waals surface area contributed by atoms with Crippen LogP contribution in [0.25, 0.3) is 0 Å². The van der Waals surface area contributed by atoms with E-state index in [0.717, 1.165) is 16.5 Å². The van der Waals surface area contributed by atoms with Crippen molar-refractivity contribution in [2.24, 2.45) is 0 Å². The maximum atomic E-state index is 13.1. The lowest BCUT2D eigenvalue weighted by molar-refractivity contribution is -0.131. The van der Waals surface area contributed by atoms with Crippen LogP contribution in [0.4, 0.5) is 4.79 Å². The van der Waals surface area contributed by atoms with E-state index in [2.05, 4.69) is 10.6 Å². The minimum Gasteiger partial charge on any atom is -0.478 e. The highest BCUT2D eigenvalue weighted by molar-refractivity contribution is 7.09. The molecule has 0 saturated carbocycles. The molecule has 3 N–H and O–H groups in total. The fourth-order valence-electron chi connectivity index (χ4n) is 2.95. The molecule has 7 nitrogen and oxygen atoms in total. The summed E-state index contributed by atoms with van der Waals surface area (Å²) in [5, 5.41) is 16.4. The van der Waals surface area contributed by atoms with Gasteiger partial charge in [0.05, 0.1) is 0 Å². The zero-order chi connectivity index (χ0) is 23.6. The normalized spacial score (nSPS) is 13.3. The van der Waals surface area contributed by atoms with Gasteiger partial charge in [-0.05, 0) is 50.6 Å². The van der Waals surface area contributed by atoms with Crippen LogP contribution in [0.3, 0.4) is 0 Å². The minimum absolute atomic E-state index is 0.302. The highest BCUT2D eigenvalue weighted by Gasteiger charge is 2.26. The van der Waals surface area contributed by atoms with Gasteiger partial charge in [0.25, 0.3) is 0 Å². The van der Waals surface area contributed by atoms with Gasteiger partial charge in [-0.25, -0.2) is 9.59 Å². The van der Waals surface area contributed by atoms with Crippen molar-refractivity contribution in [2.45, 2.75) is 57.7 Å². The molecule has 1 heterocycles. The smallest absolute Gasteiger partial charge is 0.408 e. The second kappa shape index (κ2) is 12.0. The Kier molecular flexibility index (Phi) is 9.46. The van der Waals surface area contributed by atoms with Crippen molar-refractivity contribution in [3.05, 3.63) is 70.4 Å². The van der Waals surface area contributed by atoms with Gasteiger partial charge in [0, 0.05) is 23.4 Å². The van der Waals surface area contributed by atoms with Crippen LogP contribution in [-0.4, -0.2) is 40.8 Å². The molecular weight excluding hydrogens is 428 g/mol. The summed E-state index contributed by atoms with van der Waals surface area (Å²) in [6.45, 7) is 5.24. The van der Waals surface area contributed by atoms with Crippen molar-refractivity contribution in [3.8, 4) is 0 Å². The highest BCUT2D eigenvalue weighted by atomic mass is 32.1. The van der Waals surface area contributed by atoms with Crippen molar-refractivity contribution in [1.29, 1.82) is 0 Å². The first-order valence-corrected chi connectivity index (χ1v) is 11.3. The molecule has 0 bridgehead atoms. The van der Waals surface area contributed by atoms with E-state index in [-0.39, 0.29) is 0 Å². The lowest BCUT2D eigenvalue weighted by Crippen LogP contribution is -2.51. The largest absolute Gasteiger partial charge is 0.478 e. The standard InChI is InChI=1S/C24H30N2O5S/c1-24(2,3)31-23(30)26-20(16-19-10-7-15-32-19)22(29)25-18(13-14-21(27)28)12-11-17-8-5-4-6-9-17/h4-10,13-15,18,20H,11-12,16H2,1-3H3,(H,25,29)(H,26,30)(H,27,28)/b14-13+/t18-,20-/m0/s1. The average Bonchev–Trinajstić information content (AvgIpc) is 3.22. The molecule has 2 rings (SSSR count). The number of alkyl carbamates (subject to hydrolysis) is 1. The van der Waals surface area contributed by atoms with Crippen LogP contribution in [-0.2, 0) is 27.2 Å². The highest BCUT2D eigenvalue weighted by Crippen LogP contribution is 2.14. The van der Waals surface area contributed by atoms with Crippen LogP contribution in [0.1, 0.15) is 37.6 Å². The molecule has 0 saturated heterocycles. The van der Waals surface area contributed by atoms with E-state index < -0.39 is 35.7 Å². The predicted molar refractivity (Wildman–Crippen MR) is 125 cm³/mol. The average molecular weight is 459 g/mol. The molecule has 1 aromatic carbocycles. The summed E-state index contributed by atoms with van der Waals surface area (Å²) >= 11 is 1.49. The number of rotatable bonds is 10. The summed E-state index contributed by atoms with van der Waals surface area (Å²) in [6.07, 6.45) is 3.26. The van der Waals surface area contributed by atoms with Gasteiger partial charge in [0.15, 0.2) is 0 Å². The van der Waals surface area contributed by atoms with Crippen LogP contribution < -0.4 is 10.6 Å². The van der Waals surface area contributed by atoms with Crippen molar-refractivity contribution in [2.75, 3.05) is 0 Å². The lowest BCUT2D eigenvalue weighted by atomic mass is 10.0. The monoisotopic (exact) mass is 458 g/mol. The van der Waals surface area contributed by atoms with Crippen LogP contribution in [0.15, 0.2) is 60.0 Å². The van der Waals surface area contributed by atoms with Gasteiger partial charge in [-0.3, -0.25) is 4.79 Å². The summed E-state index contributed by atoms with van der Waals surface area (Å²) in [7, 11) is 0. The van der Waals surface area contributed by atoms with E-state index in [0.29, 0.717) is 19.3 Å². The fourth-order valence-corrected chi connectivity index (χ4v) is 3.71. The Morgan fingerprint density at radius 2 is 1.81 bits per heavy atom. The summed E-state index contributed by atoms with van der Waals surface area (Å²) in [5.74, 6) is -1.50. The van der Waals surface area contributed by atoms with Crippen LogP contribution in [0.5, 0.6) is 0 Å². The maximum Gasteiger partial charge on any atom is 0.408 e. The molecule has 172 valence electrons. The minimum atomic E-state index is -1.09. The number of hydrogen-bond donors (Lipinski definition) is 3. The molecular formula is C24H30N2O5S. The van der Waals surface area contributed by atoms with Crippen molar-refractivity contribution in [3.63, 3.8) is 0 Å². The zero-order valence-electron chi connectivity index (χ0n) is 18.5. The Balaban J connectivity index is 2.11. The Labute approximate surface area is 192 Å². The number of nitrogens with one attached hydrogen (secondary N) is 2. The number of carboxylic acid groups (broad SMARTS) is 1. The van der Waals surface area contributed by atoms with Crippen molar-refractivity contribution in [1.82, 2.24) is 10.6 Å². The second-order valence-electron chi connectivity index (χ2n) is 8.32. The predicted octanol–water partition coefficient (Wildman–Crippen LogP) is 3.94. The number of benzene rings is 1. The quantitative estimate of drug-likeness (QED) is 0.468. The number of amides is 2. The number of carbonyl (C=O) groups is 3. The third kappa shape index (κ3) is 9.78. The van der Waals surface area contributed by atoms with Gasteiger partial charge < -0.3 is 20.5 Å². The molecule has 1 aromatic heterocycles. The molecule has 2 amide bonds. The number of ether oxygens (including phenoxy) is 1. The topological polar surface area (TPSA) is 105 Å². The van der Waals surface area contributed by atoms with Crippen LogP contribution in [0, 0.1) is 0 Å². The van der Waals surface area contributed by atoms with E-state index >= 15 is 0 Å². The van der Waals surface area contributed by atoms with Gasteiger partial charge in [-0.15, -0.1) is 11.3 Å². The number of thiophene rings is 1. The van der Waals surface area contributed by atoms with Gasteiger partial charge in [0.2, 0.25) is 5.91 Å². The molecule has 0 spiro atoms. The molecule has 32 heavy (non-hydrogen) atoms. The molecule has 0 radical (unpaired) electrons. The fraction of sp³-hybridized carbons (Fsp3) is 0.375. The number of aliphatic carboxylic acids is 1. The van der Waals surface area contributed by atoms with E-state index in [4.69, 9.17) is 9.84 Å². The van der Waals surface area contributed by atoms with Crippen LogP contribution in [0.2, 0.25) is 0 Å². The first kappa shape index (κ1) is 25.1. The third-order valence-corrected chi connectivity index (χ3v) is 5.28. The molecule has 0 unspecified atom stereocenters. The Morgan fingerprint density at radius 1 is 1.09 bits per heavy atom. The molecule has 2 atom stereocenters. The molecule has 0 aliphatic rings. The summed E-state index contributed by atoms with van der Waals surface area (Å²) in [5.41, 5.74) is 0.383. The molecule has 0 aliphatic heterocycles. The van der Waals surface area contributed by atoms with Gasteiger partial charge in [-0.1, -0.05) is 42.5 Å². The van der Waals surface area contributed by atoms with Gasteiger partial charge >= 0.3 is 12.1 Å². The number of carboxylic acids is 1. The summed E-state index contributed by atoms with van der Waals surface area (Å²) in [6, 6.07) is 12.1. The summed E-state index contributed by atoms with van der Waals surface area (Å²) < 4.78 is 5.31. The zero-order valence-corrected chi connectivity index (χ0v) is 19.4. The molecule has 8 heteroatoms. The first-order chi connectivity index (χ1) is 15.1. The second-order valence-corrected chi connectivity index (χ2v) is 9.35. The van der Waals surface area contributed by atoms with Gasteiger partial charge in [0.1, 0.15) is 11.6 Å². The number of carbonyl (C=O) groups excluding carboxylic acids is 2. The SMILES string of the molecule is CC(C)(C)OC(=O)N[C@@H](Cc1cccs1)C(=O)N[C@H](/C=C/C(=O)O)CCc1ccccc1. The van der Waals surface area contributed by atoms with E-state index in [9.17, 15) is 14.4 Å². The Bertz CT molecular complexity index is 904. The van der Waals surface area contributed by atoms with Crippen LogP contribution >= 0.6 is 11.3 Å². The Hall–Kier alpha value is -3.13. The van der Waals surface area contributed by atoms with Crippen molar-refractivity contribution < 1.29 is 24.2 Å².